The Kier molecular flexibility index (Phi) is 4.53. The van der Waals surface area contributed by atoms with Crippen LogP contribution in [0.3, 0.4) is 0 Å². The number of anilines is 1. The molecule has 0 amide bonds. The van der Waals surface area contributed by atoms with Gasteiger partial charge in [0.25, 0.3) is 5.56 Å². The number of hydrogen-bond acceptors (Lipinski definition) is 4. The molecule has 1 saturated heterocycles. The largest absolute Gasteiger partial charge is 0.372 e. The van der Waals surface area contributed by atoms with E-state index in [9.17, 15) is 14.0 Å². The minimum Gasteiger partial charge on any atom is -0.372 e. The van der Waals surface area contributed by atoms with Gasteiger partial charge >= 0.3 is 5.69 Å². The van der Waals surface area contributed by atoms with Crippen LogP contribution in [0.15, 0.2) is 39.9 Å². The lowest BCUT2D eigenvalue weighted by Crippen LogP contribution is -2.47. The number of nitrogens with zero attached hydrogens (tertiary/aromatic N) is 2. The number of ether oxygens (including phenoxy) is 1. The summed E-state index contributed by atoms with van der Waals surface area (Å²) in [6.07, 6.45) is 0.0535. The van der Waals surface area contributed by atoms with Crippen LogP contribution in [-0.2, 0) is 11.3 Å². The molecule has 0 radical (unpaired) electrons. The first-order valence-electron chi connectivity index (χ1n) is 7.91. The Bertz CT molecular complexity index is 787. The van der Waals surface area contributed by atoms with Gasteiger partial charge in [-0.15, -0.1) is 0 Å². The van der Waals surface area contributed by atoms with Gasteiger partial charge < -0.3 is 9.64 Å². The third kappa shape index (κ3) is 3.56. The number of halogens is 1. The third-order valence-electron chi connectivity index (χ3n) is 4.02. The summed E-state index contributed by atoms with van der Waals surface area (Å²) in [5.41, 5.74) is -0.177. The first-order valence-corrected chi connectivity index (χ1v) is 7.91. The van der Waals surface area contributed by atoms with Gasteiger partial charge in [-0.1, -0.05) is 12.1 Å². The summed E-state index contributed by atoms with van der Waals surface area (Å²) >= 11 is 0. The quantitative estimate of drug-likeness (QED) is 0.920. The number of hydrogen-bond donors (Lipinski definition) is 1. The molecule has 1 fully saturated rings. The maximum Gasteiger partial charge on any atom is 0.330 e. The monoisotopic (exact) mass is 333 g/mol. The average Bonchev–Trinajstić information content (AvgIpc) is 2.51. The Labute approximate surface area is 138 Å². The van der Waals surface area contributed by atoms with E-state index in [0.717, 1.165) is 4.57 Å². The van der Waals surface area contributed by atoms with Crippen LogP contribution >= 0.6 is 0 Å². The molecule has 24 heavy (non-hydrogen) atoms. The maximum absolute atomic E-state index is 13.0. The van der Waals surface area contributed by atoms with Gasteiger partial charge in [-0.2, -0.15) is 0 Å². The van der Waals surface area contributed by atoms with Crippen molar-refractivity contribution < 1.29 is 9.13 Å². The van der Waals surface area contributed by atoms with Gasteiger partial charge in [0.2, 0.25) is 0 Å². The summed E-state index contributed by atoms with van der Waals surface area (Å²) in [6.45, 7) is 5.24. The fraction of sp³-hybridized carbons (Fsp3) is 0.412. The maximum atomic E-state index is 13.0. The van der Waals surface area contributed by atoms with Gasteiger partial charge in [-0.25, -0.2) is 9.18 Å². The molecule has 6 nitrogen and oxygen atoms in total. The Balaban J connectivity index is 1.87. The fourth-order valence-corrected chi connectivity index (χ4v) is 2.98. The van der Waals surface area contributed by atoms with Gasteiger partial charge in [-0.05, 0) is 31.5 Å². The summed E-state index contributed by atoms with van der Waals surface area (Å²) in [4.78, 5) is 29.4. The number of morpholine rings is 1. The second-order valence-corrected chi connectivity index (χ2v) is 6.17. The first kappa shape index (κ1) is 16.4. The molecule has 1 aliphatic heterocycles. The molecular formula is C17H20FN3O3. The van der Waals surface area contributed by atoms with E-state index in [0.29, 0.717) is 24.5 Å². The van der Waals surface area contributed by atoms with E-state index in [2.05, 4.69) is 4.98 Å². The van der Waals surface area contributed by atoms with Crippen molar-refractivity contribution in [3.05, 3.63) is 62.6 Å². The average molecular weight is 333 g/mol. The summed E-state index contributed by atoms with van der Waals surface area (Å²) in [5.74, 6) is 0.147. The van der Waals surface area contributed by atoms with Crippen molar-refractivity contribution in [2.45, 2.75) is 32.6 Å². The number of H-pyrrole nitrogens is 1. The predicted octanol–water partition coefficient (Wildman–Crippen LogP) is 1.34. The standard InChI is InChI=1S/C17H20FN3O3/c1-11-8-20(9-12(2)24-11)15-7-16(22)21(17(23)19-15)10-13-3-5-14(18)6-4-13/h3-7,11-12H,8-10H2,1-2H3,(H,19,23)/t11-,12-/m0/s1. The van der Waals surface area contributed by atoms with E-state index in [-0.39, 0.29) is 30.1 Å². The number of nitrogens with one attached hydrogen (secondary N) is 1. The van der Waals surface area contributed by atoms with E-state index in [1.807, 2.05) is 18.7 Å². The Morgan fingerprint density at radius 1 is 1.17 bits per heavy atom. The number of benzene rings is 1. The van der Waals surface area contributed by atoms with E-state index in [1.165, 1.54) is 18.2 Å². The molecule has 0 spiro atoms. The zero-order valence-corrected chi connectivity index (χ0v) is 13.7. The van der Waals surface area contributed by atoms with E-state index >= 15 is 0 Å². The summed E-state index contributed by atoms with van der Waals surface area (Å²) in [7, 11) is 0. The molecule has 0 unspecified atom stereocenters. The zero-order chi connectivity index (χ0) is 17.3. The van der Waals surface area contributed by atoms with Crippen molar-refractivity contribution in [3.63, 3.8) is 0 Å². The van der Waals surface area contributed by atoms with Crippen molar-refractivity contribution in [2.24, 2.45) is 0 Å². The highest BCUT2D eigenvalue weighted by Gasteiger charge is 2.23. The van der Waals surface area contributed by atoms with Crippen LogP contribution in [0.1, 0.15) is 19.4 Å². The molecule has 2 aromatic rings. The molecule has 2 heterocycles. The second kappa shape index (κ2) is 6.60. The normalized spacial score (nSPS) is 21.0. The molecule has 2 atom stereocenters. The van der Waals surface area contributed by atoms with Crippen molar-refractivity contribution in [2.75, 3.05) is 18.0 Å². The van der Waals surface area contributed by atoms with Gasteiger partial charge in [-0.3, -0.25) is 14.3 Å². The molecule has 128 valence electrons. The van der Waals surface area contributed by atoms with E-state index < -0.39 is 5.69 Å². The lowest BCUT2D eigenvalue weighted by molar-refractivity contribution is -0.00549. The highest BCUT2D eigenvalue weighted by Crippen LogP contribution is 2.16. The molecule has 3 rings (SSSR count). The van der Waals surface area contributed by atoms with Gasteiger partial charge in [0.15, 0.2) is 0 Å². The van der Waals surface area contributed by atoms with Crippen LogP contribution < -0.4 is 16.1 Å². The SMILES string of the molecule is C[C@H]1CN(c2cc(=O)n(Cc3ccc(F)cc3)c(=O)[nH]2)C[C@H](C)O1. The highest BCUT2D eigenvalue weighted by atomic mass is 19.1. The Morgan fingerprint density at radius 2 is 1.79 bits per heavy atom. The van der Waals surface area contributed by atoms with E-state index in [4.69, 9.17) is 4.74 Å². The molecule has 1 aliphatic rings. The molecule has 0 saturated carbocycles. The Hall–Kier alpha value is -2.41. The summed E-state index contributed by atoms with van der Waals surface area (Å²) in [6, 6.07) is 7.15. The smallest absolute Gasteiger partial charge is 0.330 e. The zero-order valence-electron chi connectivity index (χ0n) is 13.7. The molecule has 1 N–H and O–H groups in total. The minimum absolute atomic E-state index is 0.0268. The van der Waals surface area contributed by atoms with Gasteiger partial charge in [0.1, 0.15) is 11.6 Å². The lowest BCUT2D eigenvalue weighted by atomic mass is 10.2. The molecule has 7 heteroatoms. The summed E-state index contributed by atoms with van der Waals surface area (Å²) < 4.78 is 19.7. The highest BCUT2D eigenvalue weighted by molar-refractivity contribution is 5.37. The minimum atomic E-state index is -0.478. The third-order valence-corrected chi connectivity index (χ3v) is 4.02. The van der Waals surface area contributed by atoms with Crippen LogP contribution in [-0.4, -0.2) is 34.8 Å². The number of aromatic amines is 1. The molecule has 0 bridgehead atoms. The second-order valence-electron chi connectivity index (χ2n) is 6.17. The van der Waals surface area contributed by atoms with Crippen molar-refractivity contribution in [3.8, 4) is 0 Å². The lowest BCUT2D eigenvalue weighted by Gasteiger charge is -2.36. The van der Waals surface area contributed by atoms with Crippen LogP contribution in [0.25, 0.3) is 0 Å². The first-order chi connectivity index (χ1) is 11.4. The van der Waals surface area contributed by atoms with Crippen LogP contribution in [0.2, 0.25) is 0 Å². The molecule has 1 aromatic heterocycles. The predicted molar refractivity (Wildman–Crippen MR) is 89.0 cm³/mol. The van der Waals surface area contributed by atoms with Crippen molar-refractivity contribution >= 4 is 5.82 Å². The van der Waals surface area contributed by atoms with E-state index in [1.54, 1.807) is 12.1 Å². The van der Waals surface area contributed by atoms with Crippen LogP contribution in [0, 0.1) is 5.82 Å². The topological polar surface area (TPSA) is 67.3 Å². The molecular weight excluding hydrogens is 313 g/mol. The van der Waals surface area contributed by atoms with Crippen LogP contribution in [0.5, 0.6) is 0 Å². The van der Waals surface area contributed by atoms with Gasteiger partial charge in [0, 0.05) is 19.2 Å². The van der Waals surface area contributed by atoms with Crippen molar-refractivity contribution in [1.82, 2.24) is 9.55 Å². The molecule has 0 aliphatic carbocycles. The molecule has 1 aromatic carbocycles. The van der Waals surface area contributed by atoms with Crippen molar-refractivity contribution in [1.29, 1.82) is 0 Å². The number of rotatable bonds is 3. The summed E-state index contributed by atoms with van der Waals surface area (Å²) in [5, 5.41) is 0. The fourth-order valence-electron chi connectivity index (χ4n) is 2.98. The number of aromatic nitrogens is 2. The Morgan fingerprint density at radius 3 is 2.38 bits per heavy atom. The van der Waals surface area contributed by atoms with Crippen LogP contribution in [0.4, 0.5) is 10.2 Å². The van der Waals surface area contributed by atoms with Gasteiger partial charge in [0.05, 0.1) is 18.8 Å².